The van der Waals surface area contributed by atoms with E-state index in [-0.39, 0.29) is 24.9 Å². The van der Waals surface area contributed by atoms with Crippen LogP contribution in [-0.4, -0.2) is 27.7 Å². The number of hydrogen-bond donors (Lipinski definition) is 1. The standard InChI is InChI=1S/C13H20N2O3/c1-8(2)10-7-11(18-6-5-12(16)17)15-13(14-10)9(3)4/h7-9H,5-6H2,1-4H3,(H,16,17). The third kappa shape index (κ3) is 4.31. The van der Waals surface area contributed by atoms with Gasteiger partial charge in [0.15, 0.2) is 0 Å². The number of rotatable bonds is 6. The molecule has 0 saturated heterocycles. The van der Waals surface area contributed by atoms with Crippen molar-refractivity contribution in [3.63, 3.8) is 0 Å². The third-order valence-electron chi connectivity index (χ3n) is 2.41. The fourth-order valence-corrected chi connectivity index (χ4v) is 1.33. The summed E-state index contributed by atoms with van der Waals surface area (Å²) in [6.07, 6.45) is -0.0297. The molecule has 0 fully saturated rings. The van der Waals surface area contributed by atoms with Crippen LogP contribution in [0.15, 0.2) is 6.07 Å². The first-order valence-corrected chi connectivity index (χ1v) is 6.13. The number of aliphatic carboxylic acids is 1. The molecule has 0 aromatic carbocycles. The van der Waals surface area contributed by atoms with Gasteiger partial charge in [-0.15, -0.1) is 0 Å². The zero-order chi connectivity index (χ0) is 13.7. The van der Waals surface area contributed by atoms with Gasteiger partial charge in [-0.25, -0.2) is 4.98 Å². The molecular weight excluding hydrogens is 232 g/mol. The molecule has 0 amide bonds. The summed E-state index contributed by atoms with van der Waals surface area (Å²) in [5.74, 6) is 0.806. The van der Waals surface area contributed by atoms with Crippen LogP contribution in [0.2, 0.25) is 0 Å². The predicted octanol–water partition coefficient (Wildman–Crippen LogP) is 2.58. The van der Waals surface area contributed by atoms with Crippen LogP contribution in [0.4, 0.5) is 0 Å². The zero-order valence-corrected chi connectivity index (χ0v) is 11.3. The summed E-state index contributed by atoms with van der Waals surface area (Å²) < 4.78 is 5.37. The molecule has 1 aromatic rings. The number of aromatic nitrogens is 2. The Morgan fingerprint density at radius 3 is 2.44 bits per heavy atom. The summed E-state index contributed by atoms with van der Waals surface area (Å²) >= 11 is 0. The molecule has 0 bridgehead atoms. The van der Waals surface area contributed by atoms with Crippen LogP contribution >= 0.6 is 0 Å². The zero-order valence-electron chi connectivity index (χ0n) is 11.3. The molecule has 1 N–H and O–H groups in total. The largest absolute Gasteiger partial charge is 0.481 e. The van der Waals surface area contributed by atoms with Crippen LogP contribution in [0.25, 0.3) is 0 Å². The van der Waals surface area contributed by atoms with E-state index in [1.165, 1.54) is 0 Å². The van der Waals surface area contributed by atoms with Gasteiger partial charge in [0.05, 0.1) is 12.1 Å². The lowest BCUT2D eigenvalue weighted by Crippen LogP contribution is -2.09. The Balaban J connectivity index is 2.86. The van der Waals surface area contributed by atoms with Crippen molar-refractivity contribution in [2.75, 3.05) is 6.61 Å². The van der Waals surface area contributed by atoms with E-state index in [0.29, 0.717) is 5.88 Å². The molecule has 5 nitrogen and oxygen atoms in total. The van der Waals surface area contributed by atoms with Crippen molar-refractivity contribution in [2.45, 2.75) is 46.0 Å². The minimum atomic E-state index is -0.878. The Labute approximate surface area is 107 Å². The minimum Gasteiger partial charge on any atom is -0.481 e. The van der Waals surface area contributed by atoms with Gasteiger partial charge in [-0.05, 0) is 5.92 Å². The van der Waals surface area contributed by atoms with E-state index in [1.54, 1.807) is 6.07 Å². The lowest BCUT2D eigenvalue weighted by Gasteiger charge is -2.12. The quantitative estimate of drug-likeness (QED) is 0.842. The molecule has 5 heteroatoms. The Morgan fingerprint density at radius 2 is 1.94 bits per heavy atom. The Bertz CT molecular complexity index is 390. The summed E-state index contributed by atoms with van der Waals surface area (Å²) in [4.78, 5) is 19.2. The second kappa shape index (κ2) is 6.33. The smallest absolute Gasteiger partial charge is 0.306 e. The molecule has 0 spiro atoms. The first-order valence-electron chi connectivity index (χ1n) is 6.13. The minimum absolute atomic E-state index is 0.0297. The number of ether oxygens (including phenoxy) is 1. The Kier molecular flexibility index (Phi) is 5.07. The van der Waals surface area contributed by atoms with Crippen LogP contribution < -0.4 is 4.74 Å². The molecule has 0 atom stereocenters. The molecule has 0 saturated carbocycles. The van der Waals surface area contributed by atoms with Gasteiger partial charge >= 0.3 is 5.97 Å². The maximum Gasteiger partial charge on any atom is 0.306 e. The fraction of sp³-hybridized carbons (Fsp3) is 0.615. The van der Waals surface area contributed by atoms with Crippen LogP contribution in [0.3, 0.4) is 0 Å². The maximum absolute atomic E-state index is 10.4. The molecule has 1 aromatic heterocycles. The van der Waals surface area contributed by atoms with Gasteiger partial charge in [0, 0.05) is 12.0 Å². The van der Waals surface area contributed by atoms with Gasteiger partial charge in [0.2, 0.25) is 5.88 Å². The molecule has 0 aliphatic heterocycles. The Hall–Kier alpha value is -1.65. The predicted molar refractivity (Wildman–Crippen MR) is 68.0 cm³/mol. The number of carboxylic acids is 1. The monoisotopic (exact) mass is 252 g/mol. The van der Waals surface area contributed by atoms with Crippen molar-refractivity contribution in [3.05, 3.63) is 17.6 Å². The third-order valence-corrected chi connectivity index (χ3v) is 2.41. The van der Waals surface area contributed by atoms with E-state index in [0.717, 1.165) is 11.5 Å². The highest BCUT2D eigenvalue weighted by Crippen LogP contribution is 2.20. The molecular formula is C13H20N2O3. The average molecular weight is 252 g/mol. The Morgan fingerprint density at radius 1 is 1.28 bits per heavy atom. The second-order valence-electron chi connectivity index (χ2n) is 4.79. The van der Waals surface area contributed by atoms with E-state index in [2.05, 4.69) is 9.97 Å². The van der Waals surface area contributed by atoms with Gasteiger partial charge in [0.1, 0.15) is 12.4 Å². The van der Waals surface area contributed by atoms with Gasteiger partial charge < -0.3 is 9.84 Å². The maximum atomic E-state index is 10.4. The summed E-state index contributed by atoms with van der Waals surface area (Å²) in [6, 6.07) is 1.78. The van der Waals surface area contributed by atoms with Crippen molar-refractivity contribution in [1.29, 1.82) is 0 Å². The van der Waals surface area contributed by atoms with Gasteiger partial charge in [-0.2, -0.15) is 4.98 Å². The summed E-state index contributed by atoms with van der Waals surface area (Å²) in [5, 5.41) is 8.56. The topological polar surface area (TPSA) is 72.3 Å². The van der Waals surface area contributed by atoms with Crippen LogP contribution in [-0.2, 0) is 4.79 Å². The average Bonchev–Trinajstić information content (AvgIpc) is 2.28. The highest BCUT2D eigenvalue weighted by molar-refractivity contribution is 5.66. The van der Waals surface area contributed by atoms with E-state index in [9.17, 15) is 4.79 Å². The van der Waals surface area contributed by atoms with Crippen molar-refractivity contribution in [3.8, 4) is 5.88 Å². The van der Waals surface area contributed by atoms with E-state index < -0.39 is 5.97 Å². The molecule has 0 aliphatic carbocycles. The molecule has 0 unspecified atom stereocenters. The van der Waals surface area contributed by atoms with E-state index in [1.807, 2.05) is 27.7 Å². The van der Waals surface area contributed by atoms with Crippen LogP contribution in [0.5, 0.6) is 5.88 Å². The van der Waals surface area contributed by atoms with Crippen molar-refractivity contribution in [2.24, 2.45) is 0 Å². The molecule has 18 heavy (non-hydrogen) atoms. The highest BCUT2D eigenvalue weighted by Gasteiger charge is 2.11. The van der Waals surface area contributed by atoms with Gasteiger partial charge in [-0.1, -0.05) is 27.7 Å². The molecule has 0 aliphatic rings. The summed E-state index contributed by atoms with van der Waals surface area (Å²) in [7, 11) is 0. The SMILES string of the molecule is CC(C)c1cc(OCCC(=O)O)nc(C(C)C)n1. The highest BCUT2D eigenvalue weighted by atomic mass is 16.5. The number of hydrogen-bond acceptors (Lipinski definition) is 4. The first-order chi connectivity index (χ1) is 8.40. The normalized spacial score (nSPS) is 11.0. The van der Waals surface area contributed by atoms with Gasteiger partial charge in [-0.3, -0.25) is 4.79 Å². The van der Waals surface area contributed by atoms with E-state index >= 15 is 0 Å². The summed E-state index contributed by atoms with van der Waals surface area (Å²) in [6.45, 7) is 8.25. The van der Waals surface area contributed by atoms with Crippen molar-refractivity contribution >= 4 is 5.97 Å². The van der Waals surface area contributed by atoms with E-state index in [4.69, 9.17) is 9.84 Å². The summed E-state index contributed by atoms with van der Waals surface area (Å²) in [5.41, 5.74) is 0.916. The lowest BCUT2D eigenvalue weighted by atomic mass is 10.1. The second-order valence-corrected chi connectivity index (χ2v) is 4.79. The van der Waals surface area contributed by atoms with Crippen LogP contribution in [0, 0.1) is 0 Å². The number of nitrogens with zero attached hydrogens (tertiary/aromatic N) is 2. The number of carbonyl (C=O) groups is 1. The molecule has 1 rings (SSSR count). The molecule has 100 valence electrons. The molecule has 0 radical (unpaired) electrons. The van der Waals surface area contributed by atoms with Crippen LogP contribution in [0.1, 0.15) is 57.5 Å². The fourth-order valence-electron chi connectivity index (χ4n) is 1.33. The van der Waals surface area contributed by atoms with Crippen molar-refractivity contribution < 1.29 is 14.6 Å². The number of carboxylic acid groups (broad SMARTS) is 1. The van der Waals surface area contributed by atoms with Gasteiger partial charge in [0.25, 0.3) is 0 Å². The molecule has 1 heterocycles. The first kappa shape index (κ1) is 14.4. The van der Waals surface area contributed by atoms with Crippen molar-refractivity contribution in [1.82, 2.24) is 9.97 Å². The lowest BCUT2D eigenvalue weighted by molar-refractivity contribution is -0.137.